The molecule has 0 fully saturated rings. The number of fused-ring (bicyclic) bond motifs is 1. The van der Waals surface area contributed by atoms with Gasteiger partial charge in [0.1, 0.15) is 5.76 Å². The third-order valence-electron chi connectivity index (χ3n) is 2.99. The van der Waals surface area contributed by atoms with Gasteiger partial charge in [0.05, 0.1) is 7.11 Å². The molecular weight excluding hydrogens is 248 g/mol. The SMILES string of the molecule is C=C1OC(=O)C=C1Cc1cc(OC)c2c(c1)OCO2. The van der Waals surface area contributed by atoms with Crippen molar-refractivity contribution < 1.29 is 23.7 Å². The van der Waals surface area contributed by atoms with Crippen LogP contribution in [0.25, 0.3) is 0 Å². The van der Waals surface area contributed by atoms with E-state index in [0.29, 0.717) is 29.4 Å². The van der Waals surface area contributed by atoms with E-state index in [-0.39, 0.29) is 12.8 Å². The van der Waals surface area contributed by atoms with Crippen molar-refractivity contribution in [1.82, 2.24) is 0 Å². The van der Waals surface area contributed by atoms with Crippen LogP contribution in [-0.2, 0) is 16.0 Å². The van der Waals surface area contributed by atoms with Crippen molar-refractivity contribution in [2.75, 3.05) is 13.9 Å². The lowest BCUT2D eigenvalue weighted by Crippen LogP contribution is -1.94. The normalized spacial score (nSPS) is 16.4. The van der Waals surface area contributed by atoms with E-state index in [1.54, 1.807) is 7.11 Å². The number of allylic oxidation sites excluding steroid dienone is 1. The maximum atomic E-state index is 11.1. The lowest BCUT2D eigenvalue weighted by Gasteiger charge is -2.08. The Labute approximate surface area is 110 Å². The monoisotopic (exact) mass is 260 g/mol. The minimum absolute atomic E-state index is 0.187. The quantitative estimate of drug-likeness (QED) is 0.778. The second-order valence-corrected chi connectivity index (χ2v) is 4.22. The first-order chi connectivity index (χ1) is 9.17. The number of carbonyl (C=O) groups is 1. The van der Waals surface area contributed by atoms with Crippen molar-refractivity contribution in [3.05, 3.63) is 41.7 Å². The van der Waals surface area contributed by atoms with Crippen LogP contribution in [0.4, 0.5) is 0 Å². The Kier molecular flexibility index (Phi) is 2.67. The molecule has 0 radical (unpaired) electrons. The number of ether oxygens (including phenoxy) is 4. The molecule has 0 atom stereocenters. The molecule has 3 rings (SSSR count). The molecule has 1 aromatic rings. The highest BCUT2D eigenvalue weighted by atomic mass is 16.7. The smallest absolute Gasteiger partial charge is 0.336 e. The Morgan fingerprint density at radius 3 is 2.89 bits per heavy atom. The maximum Gasteiger partial charge on any atom is 0.336 e. The van der Waals surface area contributed by atoms with Gasteiger partial charge in [-0.15, -0.1) is 0 Å². The minimum atomic E-state index is -0.382. The first-order valence-electron chi connectivity index (χ1n) is 5.75. The van der Waals surface area contributed by atoms with Gasteiger partial charge in [0.15, 0.2) is 11.5 Å². The summed E-state index contributed by atoms with van der Waals surface area (Å²) in [5.74, 6) is 1.87. The first kappa shape index (κ1) is 11.6. The van der Waals surface area contributed by atoms with E-state index in [1.807, 2.05) is 12.1 Å². The van der Waals surface area contributed by atoms with Crippen LogP contribution in [0.1, 0.15) is 5.56 Å². The van der Waals surface area contributed by atoms with E-state index in [4.69, 9.17) is 18.9 Å². The summed E-state index contributed by atoms with van der Waals surface area (Å²) in [6.07, 6.45) is 1.97. The van der Waals surface area contributed by atoms with Gasteiger partial charge in [-0.1, -0.05) is 6.58 Å². The van der Waals surface area contributed by atoms with Crippen molar-refractivity contribution in [2.45, 2.75) is 6.42 Å². The molecule has 2 aliphatic heterocycles. The fraction of sp³-hybridized carbons (Fsp3) is 0.214. The van der Waals surface area contributed by atoms with Crippen LogP contribution in [0.3, 0.4) is 0 Å². The van der Waals surface area contributed by atoms with E-state index in [2.05, 4.69) is 6.58 Å². The van der Waals surface area contributed by atoms with Gasteiger partial charge in [-0.05, 0) is 17.7 Å². The summed E-state index contributed by atoms with van der Waals surface area (Å²) in [5, 5.41) is 0. The Balaban J connectivity index is 1.92. The van der Waals surface area contributed by atoms with Crippen molar-refractivity contribution in [3.8, 4) is 17.2 Å². The fourth-order valence-corrected chi connectivity index (χ4v) is 2.09. The van der Waals surface area contributed by atoms with Crippen LogP contribution in [0.15, 0.2) is 36.1 Å². The number of rotatable bonds is 3. The second kappa shape index (κ2) is 4.35. The number of esters is 1. The van der Waals surface area contributed by atoms with Crippen LogP contribution >= 0.6 is 0 Å². The van der Waals surface area contributed by atoms with E-state index >= 15 is 0 Å². The van der Waals surface area contributed by atoms with Crippen LogP contribution in [0.2, 0.25) is 0 Å². The number of cyclic esters (lactones) is 1. The third kappa shape index (κ3) is 2.03. The average Bonchev–Trinajstić information content (AvgIpc) is 2.95. The van der Waals surface area contributed by atoms with Gasteiger partial charge in [0.25, 0.3) is 0 Å². The van der Waals surface area contributed by atoms with Gasteiger partial charge in [-0.25, -0.2) is 4.79 Å². The average molecular weight is 260 g/mol. The summed E-state index contributed by atoms with van der Waals surface area (Å²) in [7, 11) is 1.57. The standard InChI is InChI=1S/C14H12O5/c1-8-10(6-13(15)19-8)3-9-4-11(16-2)14-12(5-9)17-7-18-14/h4-6H,1,3,7H2,2H3. The van der Waals surface area contributed by atoms with Crippen LogP contribution < -0.4 is 14.2 Å². The molecule has 0 bridgehead atoms. The second-order valence-electron chi connectivity index (χ2n) is 4.22. The van der Waals surface area contributed by atoms with Crippen LogP contribution in [0.5, 0.6) is 17.2 Å². The van der Waals surface area contributed by atoms with E-state index in [0.717, 1.165) is 11.1 Å². The molecule has 0 spiro atoms. The maximum absolute atomic E-state index is 11.1. The summed E-state index contributed by atoms with van der Waals surface area (Å²) in [5.41, 5.74) is 1.69. The first-order valence-corrected chi connectivity index (χ1v) is 5.75. The number of carbonyl (C=O) groups excluding carboxylic acids is 1. The zero-order valence-electron chi connectivity index (χ0n) is 10.4. The Hall–Kier alpha value is -2.43. The molecule has 98 valence electrons. The zero-order valence-corrected chi connectivity index (χ0v) is 10.4. The Bertz CT molecular complexity index is 600. The molecule has 0 unspecified atom stereocenters. The summed E-state index contributed by atoms with van der Waals surface area (Å²) in [4.78, 5) is 11.1. The Morgan fingerprint density at radius 1 is 1.37 bits per heavy atom. The number of hydrogen-bond donors (Lipinski definition) is 0. The number of benzene rings is 1. The molecule has 0 saturated heterocycles. The van der Waals surface area contributed by atoms with Crippen LogP contribution in [-0.4, -0.2) is 19.9 Å². The molecule has 0 saturated carbocycles. The molecule has 2 aliphatic rings. The molecule has 0 amide bonds. The fourth-order valence-electron chi connectivity index (χ4n) is 2.09. The highest BCUT2D eigenvalue weighted by Crippen LogP contribution is 2.42. The molecule has 0 N–H and O–H groups in total. The van der Waals surface area contributed by atoms with Gasteiger partial charge in [-0.3, -0.25) is 0 Å². The highest BCUT2D eigenvalue weighted by Gasteiger charge is 2.23. The predicted molar refractivity (Wildman–Crippen MR) is 66.1 cm³/mol. The largest absolute Gasteiger partial charge is 0.493 e. The highest BCUT2D eigenvalue weighted by molar-refractivity contribution is 5.88. The molecule has 5 nitrogen and oxygen atoms in total. The van der Waals surface area contributed by atoms with Gasteiger partial charge in [-0.2, -0.15) is 0 Å². The van der Waals surface area contributed by atoms with Crippen molar-refractivity contribution in [2.24, 2.45) is 0 Å². The van der Waals surface area contributed by atoms with E-state index in [1.165, 1.54) is 6.08 Å². The molecular formula is C14H12O5. The lowest BCUT2D eigenvalue weighted by atomic mass is 10.0. The Morgan fingerprint density at radius 2 is 2.21 bits per heavy atom. The predicted octanol–water partition coefficient (Wildman–Crippen LogP) is 1.96. The van der Waals surface area contributed by atoms with Crippen LogP contribution in [0, 0.1) is 0 Å². The number of hydrogen-bond acceptors (Lipinski definition) is 5. The van der Waals surface area contributed by atoms with Crippen molar-refractivity contribution >= 4 is 5.97 Å². The summed E-state index contributed by atoms with van der Waals surface area (Å²) < 4.78 is 20.8. The van der Waals surface area contributed by atoms with Gasteiger partial charge in [0, 0.05) is 18.1 Å². The zero-order chi connectivity index (χ0) is 13.4. The van der Waals surface area contributed by atoms with Gasteiger partial charge >= 0.3 is 5.97 Å². The molecule has 1 aromatic carbocycles. The topological polar surface area (TPSA) is 54.0 Å². The molecule has 0 aliphatic carbocycles. The van der Waals surface area contributed by atoms with Crippen molar-refractivity contribution in [1.29, 1.82) is 0 Å². The molecule has 5 heteroatoms. The molecule has 2 heterocycles. The lowest BCUT2D eigenvalue weighted by molar-refractivity contribution is -0.132. The minimum Gasteiger partial charge on any atom is -0.493 e. The van der Waals surface area contributed by atoms with Gasteiger partial charge in [0.2, 0.25) is 12.5 Å². The summed E-state index contributed by atoms with van der Waals surface area (Å²) in [6, 6.07) is 3.71. The van der Waals surface area contributed by atoms with E-state index in [9.17, 15) is 4.79 Å². The molecule has 0 aromatic heterocycles. The van der Waals surface area contributed by atoms with Crippen molar-refractivity contribution in [3.63, 3.8) is 0 Å². The third-order valence-corrected chi connectivity index (χ3v) is 2.99. The molecule has 19 heavy (non-hydrogen) atoms. The van der Waals surface area contributed by atoms with Gasteiger partial charge < -0.3 is 18.9 Å². The number of methoxy groups -OCH3 is 1. The summed E-state index contributed by atoms with van der Waals surface area (Å²) in [6.45, 7) is 3.89. The summed E-state index contributed by atoms with van der Waals surface area (Å²) >= 11 is 0. The van der Waals surface area contributed by atoms with E-state index < -0.39 is 0 Å².